The van der Waals surface area contributed by atoms with E-state index in [1.54, 1.807) is 6.07 Å². The zero-order valence-electron chi connectivity index (χ0n) is 17.5. The van der Waals surface area contributed by atoms with Gasteiger partial charge in [-0.15, -0.1) is 0 Å². The van der Waals surface area contributed by atoms with E-state index in [2.05, 4.69) is 29.6 Å². The Kier molecular flexibility index (Phi) is 6.35. The Bertz CT molecular complexity index is 1020. The molecule has 0 bridgehead atoms. The van der Waals surface area contributed by atoms with Crippen LogP contribution in [0, 0.1) is 6.92 Å². The Hall–Kier alpha value is -3.15. The van der Waals surface area contributed by atoms with Gasteiger partial charge >= 0.3 is 6.09 Å². The molecule has 1 aliphatic carbocycles. The highest BCUT2D eigenvalue weighted by atomic mass is 16.5. The Morgan fingerprint density at radius 2 is 1.52 bits per heavy atom. The number of hydrogen-bond acceptors (Lipinski definition) is 4. The fourth-order valence-corrected chi connectivity index (χ4v) is 4.26. The average Bonchev–Trinajstić information content (AvgIpc) is 3.11. The molecule has 0 spiro atoms. The second-order valence-electron chi connectivity index (χ2n) is 7.91. The number of ether oxygens (including phenoxy) is 1. The number of aryl methyl sites for hydroxylation is 1. The van der Waals surface area contributed by atoms with Gasteiger partial charge in [-0.3, -0.25) is 0 Å². The number of aliphatic hydroxyl groups excluding tert-OH is 2. The van der Waals surface area contributed by atoms with E-state index in [1.807, 2.05) is 49.4 Å². The van der Waals surface area contributed by atoms with Gasteiger partial charge in [-0.1, -0.05) is 72.8 Å². The molecule has 1 amide bonds. The minimum absolute atomic E-state index is 0.00613. The van der Waals surface area contributed by atoms with Crippen molar-refractivity contribution in [3.63, 3.8) is 0 Å². The highest BCUT2D eigenvalue weighted by Gasteiger charge is 2.29. The van der Waals surface area contributed by atoms with Crippen molar-refractivity contribution in [2.75, 3.05) is 13.2 Å². The van der Waals surface area contributed by atoms with Crippen molar-refractivity contribution < 1.29 is 19.7 Å². The molecular formula is C26H27NO4. The van der Waals surface area contributed by atoms with Gasteiger partial charge in [0, 0.05) is 12.5 Å². The Morgan fingerprint density at radius 3 is 2.16 bits per heavy atom. The maximum atomic E-state index is 12.2. The van der Waals surface area contributed by atoms with Crippen LogP contribution in [0.5, 0.6) is 0 Å². The average molecular weight is 418 g/mol. The van der Waals surface area contributed by atoms with Crippen LogP contribution in [0.1, 0.15) is 40.7 Å². The highest BCUT2D eigenvalue weighted by molar-refractivity contribution is 5.79. The van der Waals surface area contributed by atoms with Gasteiger partial charge in [-0.05, 0) is 46.7 Å². The summed E-state index contributed by atoms with van der Waals surface area (Å²) in [6.45, 7) is 2.34. The third-order valence-corrected chi connectivity index (χ3v) is 5.92. The lowest BCUT2D eigenvalue weighted by Gasteiger charge is -2.20. The van der Waals surface area contributed by atoms with Crippen LogP contribution in [0.2, 0.25) is 0 Å². The van der Waals surface area contributed by atoms with Gasteiger partial charge in [0.25, 0.3) is 0 Å². The molecule has 31 heavy (non-hydrogen) atoms. The van der Waals surface area contributed by atoms with Crippen molar-refractivity contribution in [3.8, 4) is 11.1 Å². The summed E-state index contributed by atoms with van der Waals surface area (Å²) in [5, 5.41) is 23.3. The van der Waals surface area contributed by atoms with Crippen molar-refractivity contribution in [2.24, 2.45) is 0 Å². The molecule has 0 radical (unpaired) electrons. The molecule has 1 aliphatic rings. The number of carbonyl (C=O) groups is 1. The van der Waals surface area contributed by atoms with Gasteiger partial charge in [0.15, 0.2) is 0 Å². The van der Waals surface area contributed by atoms with E-state index >= 15 is 0 Å². The molecule has 0 aliphatic heterocycles. The van der Waals surface area contributed by atoms with Crippen molar-refractivity contribution in [3.05, 3.63) is 95.1 Å². The fraction of sp³-hybridized carbons (Fsp3) is 0.269. The molecule has 3 aromatic rings. The maximum absolute atomic E-state index is 12.2. The molecule has 5 heteroatoms. The molecule has 3 N–H and O–H groups in total. The summed E-state index contributed by atoms with van der Waals surface area (Å²) in [6, 6.07) is 23.8. The number of fused-ring (bicyclic) bond motifs is 3. The van der Waals surface area contributed by atoms with Gasteiger partial charge in [0.2, 0.25) is 0 Å². The lowest BCUT2D eigenvalue weighted by molar-refractivity contribution is 0.0133. The summed E-state index contributed by atoms with van der Waals surface area (Å²) in [4.78, 5) is 12.2. The van der Waals surface area contributed by atoms with E-state index in [0.29, 0.717) is 5.56 Å². The van der Waals surface area contributed by atoms with E-state index in [9.17, 15) is 15.0 Å². The number of nitrogens with one attached hydrogen (secondary N) is 1. The van der Waals surface area contributed by atoms with Gasteiger partial charge < -0.3 is 20.3 Å². The second-order valence-corrected chi connectivity index (χ2v) is 7.91. The first kappa shape index (κ1) is 21.1. The number of hydrogen-bond donors (Lipinski definition) is 3. The van der Waals surface area contributed by atoms with Crippen LogP contribution in [-0.4, -0.2) is 35.6 Å². The number of carbonyl (C=O) groups excluding carboxylic acids is 1. The maximum Gasteiger partial charge on any atom is 0.407 e. The lowest BCUT2D eigenvalue weighted by Crippen LogP contribution is -2.30. The molecule has 0 heterocycles. The van der Waals surface area contributed by atoms with Crippen LogP contribution >= 0.6 is 0 Å². The SMILES string of the molecule is Cc1ccccc1C(O)C(O)CCNC(=O)OCC1c2ccccc2-c2ccccc21. The Labute approximate surface area is 182 Å². The van der Waals surface area contributed by atoms with Crippen LogP contribution in [0.15, 0.2) is 72.8 Å². The molecule has 2 unspecified atom stereocenters. The first-order valence-electron chi connectivity index (χ1n) is 10.6. The van der Waals surface area contributed by atoms with Gasteiger partial charge in [-0.25, -0.2) is 4.79 Å². The predicted octanol–water partition coefficient (Wildman–Crippen LogP) is 4.32. The molecule has 160 valence electrons. The highest BCUT2D eigenvalue weighted by Crippen LogP contribution is 2.44. The fourth-order valence-electron chi connectivity index (χ4n) is 4.26. The zero-order valence-corrected chi connectivity index (χ0v) is 17.5. The van der Waals surface area contributed by atoms with Crippen LogP contribution in [-0.2, 0) is 4.74 Å². The largest absolute Gasteiger partial charge is 0.449 e. The van der Waals surface area contributed by atoms with Crippen LogP contribution in [0.4, 0.5) is 4.79 Å². The molecule has 2 atom stereocenters. The summed E-state index contributed by atoms with van der Waals surface area (Å²) in [5.41, 5.74) is 6.29. The lowest BCUT2D eigenvalue weighted by atomic mass is 9.98. The molecular weight excluding hydrogens is 390 g/mol. The van der Waals surface area contributed by atoms with Crippen molar-refractivity contribution in [1.29, 1.82) is 0 Å². The number of rotatable bonds is 7. The zero-order chi connectivity index (χ0) is 21.8. The number of benzene rings is 3. The molecule has 0 aromatic heterocycles. The number of alkyl carbamates (subject to hydrolysis) is 1. The Balaban J connectivity index is 1.29. The molecule has 0 fully saturated rings. The number of aliphatic hydroxyl groups is 2. The summed E-state index contributed by atoms with van der Waals surface area (Å²) in [5.74, 6) is 0.00613. The Morgan fingerprint density at radius 1 is 0.935 bits per heavy atom. The quantitative estimate of drug-likeness (QED) is 0.535. The molecule has 0 saturated heterocycles. The van der Waals surface area contributed by atoms with Gasteiger partial charge in [0.1, 0.15) is 12.7 Å². The number of amides is 1. The van der Waals surface area contributed by atoms with Gasteiger partial charge in [0.05, 0.1) is 6.10 Å². The minimum atomic E-state index is -0.995. The summed E-state index contributed by atoms with van der Waals surface area (Å²) < 4.78 is 5.49. The summed E-state index contributed by atoms with van der Waals surface area (Å²) >= 11 is 0. The van der Waals surface area contributed by atoms with Crippen LogP contribution < -0.4 is 5.32 Å². The first-order valence-corrected chi connectivity index (χ1v) is 10.6. The van der Waals surface area contributed by atoms with E-state index in [1.165, 1.54) is 11.1 Å². The van der Waals surface area contributed by atoms with Gasteiger partial charge in [-0.2, -0.15) is 0 Å². The molecule has 4 rings (SSSR count). The predicted molar refractivity (Wildman–Crippen MR) is 120 cm³/mol. The third kappa shape index (κ3) is 4.48. The summed E-state index contributed by atoms with van der Waals surface area (Å²) in [6.07, 6.45) is -2.28. The third-order valence-electron chi connectivity index (χ3n) is 5.92. The van der Waals surface area contributed by atoms with E-state index in [0.717, 1.165) is 16.7 Å². The topological polar surface area (TPSA) is 78.8 Å². The first-order chi connectivity index (χ1) is 15.1. The van der Waals surface area contributed by atoms with E-state index in [-0.39, 0.29) is 25.5 Å². The van der Waals surface area contributed by atoms with E-state index < -0.39 is 18.3 Å². The second kappa shape index (κ2) is 9.33. The molecule has 0 saturated carbocycles. The van der Waals surface area contributed by atoms with Crippen molar-refractivity contribution >= 4 is 6.09 Å². The standard InChI is InChI=1S/C26H27NO4/c1-17-8-2-3-9-18(17)25(29)24(28)14-15-27-26(30)31-16-23-21-12-6-4-10-19(21)20-11-5-7-13-22(20)23/h2-13,23-25,28-29H,14-16H2,1H3,(H,27,30). The van der Waals surface area contributed by atoms with Crippen molar-refractivity contribution in [2.45, 2.75) is 31.5 Å². The normalized spacial score (nSPS) is 14.4. The molecule has 3 aromatic carbocycles. The molecule has 5 nitrogen and oxygen atoms in total. The summed E-state index contributed by atoms with van der Waals surface area (Å²) in [7, 11) is 0. The van der Waals surface area contributed by atoms with E-state index in [4.69, 9.17) is 4.74 Å². The van der Waals surface area contributed by atoms with Crippen molar-refractivity contribution in [1.82, 2.24) is 5.32 Å². The minimum Gasteiger partial charge on any atom is -0.449 e. The smallest absolute Gasteiger partial charge is 0.407 e. The van der Waals surface area contributed by atoms with Crippen LogP contribution in [0.3, 0.4) is 0 Å². The van der Waals surface area contributed by atoms with Crippen LogP contribution in [0.25, 0.3) is 11.1 Å². The monoisotopic (exact) mass is 417 g/mol.